The summed E-state index contributed by atoms with van der Waals surface area (Å²) in [5.41, 5.74) is 13.3. The zero-order chi connectivity index (χ0) is 97.2. The Kier molecular flexibility index (Phi) is 41.2. The van der Waals surface area contributed by atoms with Crippen LogP contribution in [0, 0.1) is 27.1 Å². The quantitative estimate of drug-likeness (QED) is 0.0365. The third-order valence-corrected chi connectivity index (χ3v) is 34.0. The van der Waals surface area contributed by atoms with Gasteiger partial charge in [0.2, 0.25) is 0 Å². The van der Waals surface area contributed by atoms with E-state index in [1.807, 2.05) is 117 Å². The van der Waals surface area contributed by atoms with Crippen LogP contribution in [-0.2, 0) is 88.8 Å². The van der Waals surface area contributed by atoms with Gasteiger partial charge in [0, 0.05) is 200 Å². The number of rotatable bonds is 40. The molecule has 0 amide bonds. The predicted molar refractivity (Wildman–Crippen MR) is 563 cm³/mol. The Morgan fingerprint density at radius 2 is 0.556 bits per heavy atom. The minimum Gasteiger partial charge on any atom is -0.469 e. The number of Topliss-reactive ketones (excluding diaryl/α,β-unsaturated/α-hetero) is 5. The number of benzene rings is 5. The van der Waals surface area contributed by atoms with E-state index in [4.69, 9.17) is 66.8 Å². The van der Waals surface area contributed by atoms with Gasteiger partial charge in [0.05, 0.1) is 12.5 Å². The fraction of sp³-hybridized carbons (Fsp3) is 0.522. The Bertz CT molecular complexity index is 4670. The van der Waals surface area contributed by atoms with Gasteiger partial charge in [-0.3, -0.25) is 48.5 Å². The fourth-order valence-corrected chi connectivity index (χ4v) is 22.7. The summed E-state index contributed by atoms with van der Waals surface area (Å²) < 4.78 is 11.2. The maximum absolute atomic E-state index is 11.8. The van der Waals surface area contributed by atoms with Crippen LogP contribution >= 0.6 is 80.7 Å². The lowest BCUT2D eigenvalue weighted by Crippen LogP contribution is -2.34. The van der Waals surface area contributed by atoms with Crippen molar-refractivity contribution in [3.05, 3.63) is 289 Å². The molecule has 5 atom stereocenters. The van der Waals surface area contributed by atoms with Crippen LogP contribution in [-0.4, -0.2) is 91.1 Å². The first-order valence-corrected chi connectivity index (χ1v) is 53.4. The Morgan fingerprint density at radius 1 is 0.311 bits per heavy atom. The summed E-state index contributed by atoms with van der Waals surface area (Å²) >= 11 is 36.6. The van der Waals surface area contributed by atoms with Crippen molar-refractivity contribution >= 4 is 110 Å². The number of unbranched alkanes of at least 4 members (excludes halogenated alkanes) is 5. The second-order valence-corrected chi connectivity index (χ2v) is 45.7. The van der Waals surface area contributed by atoms with Gasteiger partial charge in [-0.15, -0.1) is 22.7 Å². The Morgan fingerprint density at radius 3 is 0.822 bits per heavy atom. The van der Waals surface area contributed by atoms with E-state index in [1.165, 1.54) is 71.1 Å². The molecule has 0 radical (unpaired) electrons. The van der Waals surface area contributed by atoms with Gasteiger partial charge in [-0.1, -0.05) is 282 Å². The number of ketones is 5. The molecular weight excluding hydrogens is 1820 g/mol. The van der Waals surface area contributed by atoms with Gasteiger partial charge >= 0.3 is 0 Å². The normalized spacial score (nSPS) is 16.1. The largest absolute Gasteiger partial charge is 0.469 e. The number of carbonyl (C=O) groups is 5. The Labute approximate surface area is 841 Å². The number of aromatic nitrogens is 1. The lowest BCUT2D eigenvalue weighted by Gasteiger charge is -2.35. The zero-order valence-corrected chi connectivity index (χ0v) is 88.7. The van der Waals surface area contributed by atoms with Gasteiger partial charge in [0.1, 0.15) is 40.4 Å². The van der Waals surface area contributed by atoms with E-state index >= 15 is 0 Å². The van der Waals surface area contributed by atoms with Crippen LogP contribution in [0.4, 0.5) is 0 Å². The van der Waals surface area contributed by atoms with Gasteiger partial charge in [0.15, 0.2) is 0 Å². The highest BCUT2D eigenvalue weighted by Gasteiger charge is 2.36. The number of fused-ring (bicyclic) bond motifs is 5. The van der Waals surface area contributed by atoms with E-state index in [0.717, 1.165) is 263 Å². The lowest BCUT2D eigenvalue weighted by atomic mass is 9.83. The van der Waals surface area contributed by atoms with Crippen molar-refractivity contribution in [2.24, 2.45) is 27.1 Å². The van der Waals surface area contributed by atoms with Crippen LogP contribution in [0.5, 0.6) is 0 Å². The standard InChI is InChI=1S/C23H31ClN2O.2C23H30ClNO2.2C23H30ClNOS/c1-17(27)23(2,3)13-7-6-10-22(19-8-4-5-9-20(19)24)26-15-12-21-18(16-26)11-14-25-21;4*1-17(26)23(2,3)13-7-6-10-21(19-8-4-5-9-20(19)24)25-14-11-22-18(16-25)12-15-27-22/h4-5,8-9,11,14,22,25H,6-7,10,12-13,15-16H2,1-3H3;4*4-5,8-9,12,15,21H,6-7,10-11,13-14,16H2,1-3H3. The van der Waals surface area contributed by atoms with Crippen LogP contribution in [0.25, 0.3) is 0 Å². The number of H-pyrrole nitrogens is 1. The first kappa shape index (κ1) is 108. The molecule has 13 nitrogen and oxygen atoms in total. The highest BCUT2D eigenvalue weighted by atomic mass is 35.5. The molecule has 0 bridgehead atoms. The van der Waals surface area contributed by atoms with Gasteiger partial charge in [0.25, 0.3) is 0 Å². The van der Waals surface area contributed by atoms with Crippen molar-refractivity contribution in [1.82, 2.24) is 29.5 Å². The first-order valence-electron chi connectivity index (χ1n) is 49.8. The molecule has 0 fully saturated rings. The van der Waals surface area contributed by atoms with Crippen molar-refractivity contribution in [1.29, 1.82) is 0 Å². The summed E-state index contributed by atoms with van der Waals surface area (Å²) in [5, 5.41) is 8.68. The zero-order valence-electron chi connectivity index (χ0n) is 83.3. The van der Waals surface area contributed by atoms with Crippen molar-refractivity contribution in [2.75, 3.05) is 32.7 Å². The Balaban J connectivity index is 0.000000162. The third kappa shape index (κ3) is 31.0. The number of thiophene rings is 2. The van der Waals surface area contributed by atoms with E-state index in [9.17, 15) is 24.0 Å². The maximum atomic E-state index is 11.8. The number of furan rings is 2. The van der Waals surface area contributed by atoms with Crippen molar-refractivity contribution in [3.8, 4) is 0 Å². The van der Waals surface area contributed by atoms with Crippen LogP contribution in [0.1, 0.15) is 345 Å². The van der Waals surface area contributed by atoms with Crippen LogP contribution in [0.2, 0.25) is 25.1 Å². The minimum atomic E-state index is -0.225. The molecule has 10 aromatic rings. The van der Waals surface area contributed by atoms with Crippen molar-refractivity contribution < 1.29 is 32.8 Å². The van der Waals surface area contributed by atoms with Gasteiger partial charge in [-0.2, -0.15) is 0 Å². The number of hydrogen-bond acceptors (Lipinski definition) is 14. The van der Waals surface area contributed by atoms with Crippen LogP contribution in [0.3, 0.4) is 0 Å². The van der Waals surface area contributed by atoms with Gasteiger partial charge in [-0.05, 0) is 228 Å². The molecule has 10 heterocycles. The number of nitrogens with one attached hydrogen (secondary N) is 1. The molecule has 0 aliphatic carbocycles. The number of hydrogen-bond donors (Lipinski definition) is 1. The molecule has 20 heteroatoms. The molecule has 15 rings (SSSR count). The molecule has 0 saturated heterocycles. The summed E-state index contributed by atoms with van der Waals surface area (Å²) in [7, 11) is 0. The van der Waals surface area contributed by atoms with Crippen LogP contribution in [0.15, 0.2) is 190 Å². The highest BCUT2D eigenvalue weighted by molar-refractivity contribution is 7.10. The number of halogens is 5. The predicted octanol–water partition coefficient (Wildman–Crippen LogP) is 31.7. The molecule has 0 saturated carbocycles. The van der Waals surface area contributed by atoms with Crippen molar-refractivity contribution in [2.45, 2.75) is 327 Å². The van der Waals surface area contributed by atoms with Gasteiger partial charge < -0.3 is 13.8 Å². The van der Waals surface area contributed by atoms with E-state index < -0.39 is 0 Å². The summed E-state index contributed by atoms with van der Waals surface area (Å²) in [5.74, 6) is 3.63. The van der Waals surface area contributed by atoms with E-state index in [2.05, 4.69) is 173 Å². The SMILES string of the molecule is CC(=O)C(C)(C)CCCCC(c1ccccc1Cl)N1CCc2[nH]ccc2C1.CC(=O)C(C)(C)CCCCC(c1ccccc1Cl)N1CCc2occc2C1.CC(=O)C(C)(C)CCCCC(c1ccccc1Cl)N1CCc2occc2C1.CC(=O)C(C)(C)CCCCC(c1ccccc1Cl)N1CCc2sccc2C1.CC(=O)C(C)(C)CCCCC(c1ccccc1Cl)N1CCc2sccc2C1. The number of carbonyl (C=O) groups excluding carboxylic acids is 5. The summed E-state index contributed by atoms with van der Waals surface area (Å²) in [4.78, 5) is 78.1. The fourth-order valence-electron chi connectivity index (χ4n) is 19.6. The second-order valence-electron chi connectivity index (χ2n) is 41.7. The average Bonchev–Trinajstić information content (AvgIpc) is 1.81. The van der Waals surface area contributed by atoms with Gasteiger partial charge in [-0.25, -0.2) is 0 Å². The third-order valence-electron chi connectivity index (χ3n) is 30.2. The summed E-state index contributed by atoms with van der Waals surface area (Å²) in [6.07, 6.45) is 31.7. The monoisotopic (exact) mass is 1970 g/mol. The first-order chi connectivity index (χ1) is 64.4. The Hall–Kier alpha value is -7.06. The molecule has 5 aromatic carbocycles. The highest BCUT2D eigenvalue weighted by Crippen LogP contribution is 2.45. The molecule has 135 heavy (non-hydrogen) atoms. The topological polar surface area (TPSA) is 144 Å². The molecule has 730 valence electrons. The maximum Gasteiger partial charge on any atom is 0.135 e. The van der Waals surface area contributed by atoms with Crippen molar-refractivity contribution in [3.63, 3.8) is 0 Å². The number of nitrogens with zero attached hydrogens (tertiary/aromatic N) is 5. The molecule has 5 aromatic heterocycles. The molecule has 5 aliphatic heterocycles. The minimum absolute atomic E-state index is 0.212. The molecule has 1 N–H and O–H groups in total. The lowest BCUT2D eigenvalue weighted by molar-refractivity contribution is -0.125. The van der Waals surface area contributed by atoms with E-state index in [1.54, 1.807) is 47.1 Å². The summed E-state index contributed by atoms with van der Waals surface area (Å²) in [6.45, 7) is 39.0. The van der Waals surface area contributed by atoms with E-state index in [0.29, 0.717) is 30.2 Å². The smallest absolute Gasteiger partial charge is 0.135 e. The molecule has 5 aliphatic rings. The molecular formula is C115H151Cl5N6O7S2. The molecule has 0 spiro atoms. The second kappa shape index (κ2) is 51.4. The van der Waals surface area contributed by atoms with Crippen LogP contribution < -0.4 is 0 Å². The summed E-state index contributed by atoms with van der Waals surface area (Å²) in [6, 6.07) is 53.7. The molecule has 5 unspecified atom stereocenters. The van der Waals surface area contributed by atoms with E-state index in [-0.39, 0.29) is 56.0 Å². The average molecular weight is 1970 g/mol. The number of aromatic amines is 1.